The number of hydrogen-bond donors (Lipinski definition) is 0. The highest BCUT2D eigenvalue weighted by Gasteiger charge is 2.27. The molecule has 0 spiro atoms. The van der Waals surface area contributed by atoms with Crippen LogP contribution in [0, 0.1) is 0 Å². The van der Waals surface area contributed by atoms with E-state index in [1.54, 1.807) is 0 Å². The van der Waals surface area contributed by atoms with E-state index < -0.39 is 0 Å². The van der Waals surface area contributed by atoms with Gasteiger partial charge in [0.15, 0.2) is 0 Å². The Kier molecular flexibility index (Phi) is 8.24. The molecule has 0 heterocycles. The average Bonchev–Trinajstić information content (AvgIpc) is 3.27. The summed E-state index contributed by atoms with van der Waals surface area (Å²) in [5, 5.41) is 7.32. The molecule has 1 nitrogen and oxygen atoms in total. The van der Waals surface area contributed by atoms with Crippen LogP contribution in [-0.4, -0.2) is 0 Å². The number of nitrogens with zero attached hydrogens (tertiary/aromatic N) is 1. The van der Waals surface area contributed by atoms with Crippen molar-refractivity contribution in [2.75, 3.05) is 4.90 Å². The summed E-state index contributed by atoms with van der Waals surface area (Å²) in [6.07, 6.45) is 0. The van der Waals surface area contributed by atoms with Crippen molar-refractivity contribution >= 4 is 49.4 Å². The van der Waals surface area contributed by atoms with Crippen LogP contribution in [0.2, 0.25) is 0 Å². The SMILES string of the molecule is c1ccc(-c2cc(-c3ccccc3)cc(N(c3ccccc3-c3ccccc3)c3c(-c4cccc5ccccc45)c4ccccc4c4ccccc34)c2)cc1. The van der Waals surface area contributed by atoms with Crippen LogP contribution in [0.4, 0.5) is 17.1 Å². The predicted octanol–water partition coefficient (Wildman–Crippen LogP) is 15.3. The highest BCUT2D eigenvalue weighted by molar-refractivity contribution is 6.24. The van der Waals surface area contributed by atoms with Gasteiger partial charge in [0.1, 0.15) is 0 Å². The number of benzene rings is 10. The first kappa shape index (κ1) is 32.4. The van der Waals surface area contributed by atoms with Crippen LogP contribution < -0.4 is 4.90 Å². The summed E-state index contributed by atoms with van der Waals surface area (Å²) in [4.78, 5) is 2.55. The van der Waals surface area contributed by atoms with E-state index in [9.17, 15) is 0 Å². The van der Waals surface area contributed by atoms with Crippen LogP contribution in [0.5, 0.6) is 0 Å². The third-order valence-electron chi connectivity index (χ3n) is 10.8. The normalized spacial score (nSPS) is 11.3. The van der Waals surface area contributed by atoms with Gasteiger partial charge < -0.3 is 4.90 Å². The van der Waals surface area contributed by atoms with Crippen molar-refractivity contribution < 1.29 is 0 Å². The van der Waals surface area contributed by atoms with Gasteiger partial charge >= 0.3 is 0 Å². The van der Waals surface area contributed by atoms with Crippen LogP contribution in [0.3, 0.4) is 0 Å². The van der Waals surface area contributed by atoms with Gasteiger partial charge in [-0.1, -0.05) is 200 Å². The molecule has 258 valence electrons. The minimum atomic E-state index is 1.09. The average molecular weight is 700 g/mol. The summed E-state index contributed by atoms with van der Waals surface area (Å²) < 4.78 is 0. The Morgan fingerprint density at radius 2 is 0.727 bits per heavy atom. The van der Waals surface area contributed by atoms with Crippen molar-refractivity contribution in [1.29, 1.82) is 0 Å². The quantitative estimate of drug-likeness (QED) is 0.150. The van der Waals surface area contributed by atoms with Gasteiger partial charge in [0.05, 0.1) is 11.4 Å². The summed E-state index contributed by atoms with van der Waals surface area (Å²) in [5.74, 6) is 0. The molecule has 10 aromatic rings. The molecule has 0 aromatic heterocycles. The van der Waals surface area contributed by atoms with Crippen LogP contribution in [-0.2, 0) is 0 Å². The molecule has 0 aliphatic carbocycles. The summed E-state index contributed by atoms with van der Waals surface area (Å²) in [6.45, 7) is 0. The van der Waals surface area contributed by atoms with E-state index in [4.69, 9.17) is 0 Å². The van der Waals surface area contributed by atoms with Crippen molar-refractivity contribution in [3.63, 3.8) is 0 Å². The lowest BCUT2D eigenvalue weighted by molar-refractivity contribution is 1.30. The zero-order valence-corrected chi connectivity index (χ0v) is 30.3. The second-order valence-corrected chi connectivity index (χ2v) is 14.1. The summed E-state index contributed by atoms with van der Waals surface area (Å²) in [7, 11) is 0. The molecule has 55 heavy (non-hydrogen) atoms. The monoisotopic (exact) mass is 699 g/mol. The molecule has 0 N–H and O–H groups in total. The van der Waals surface area contributed by atoms with E-state index in [2.05, 4.69) is 229 Å². The fourth-order valence-electron chi connectivity index (χ4n) is 8.32. The second kappa shape index (κ2) is 14.0. The molecule has 0 saturated carbocycles. The van der Waals surface area contributed by atoms with Crippen molar-refractivity contribution in [3.8, 4) is 44.5 Å². The number of hydrogen-bond acceptors (Lipinski definition) is 1. The van der Waals surface area contributed by atoms with E-state index >= 15 is 0 Å². The first-order valence-corrected chi connectivity index (χ1v) is 18.9. The summed E-state index contributed by atoms with van der Waals surface area (Å²) in [5.41, 5.74) is 12.8. The smallest absolute Gasteiger partial charge is 0.0625 e. The van der Waals surface area contributed by atoms with E-state index in [1.165, 1.54) is 60.1 Å². The van der Waals surface area contributed by atoms with Gasteiger partial charge in [-0.05, 0) is 84.6 Å². The fraction of sp³-hybridized carbons (Fsp3) is 0. The lowest BCUT2D eigenvalue weighted by Gasteiger charge is -2.33. The lowest BCUT2D eigenvalue weighted by Crippen LogP contribution is -2.14. The molecule has 0 fully saturated rings. The lowest BCUT2D eigenvalue weighted by atomic mass is 9.87. The first-order chi connectivity index (χ1) is 27.3. The Bertz CT molecular complexity index is 2900. The number of anilines is 3. The van der Waals surface area contributed by atoms with Gasteiger partial charge in [-0.2, -0.15) is 0 Å². The summed E-state index contributed by atoms with van der Waals surface area (Å²) >= 11 is 0. The zero-order chi connectivity index (χ0) is 36.6. The van der Waals surface area contributed by atoms with Crippen LogP contribution >= 0.6 is 0 Å². The fourth-order valence-corrected chi connectivity index (χ4v) is 8.32. The summed E-state index contributed by atoms with van der Waals surface area (Å²) in [6, 6.07) is 81.7. The Morgan fingerprint density at radius 1 is 0.273 bits per heavy atom. The minimum Gasteiger partial charge on any atom is -0.309 e. The molecule has 0 amide bonds. The molecule has 0 unspecified atom stereocenters. The van der Waals surface area contributed by atoms with Crippen molar-refractivity contribution in [2.24, 2.45) is 0 Å². The third kappa shape index (κ3) is 5.84. The molecule has 0 bridgehead atoms. The van der Waals surface area contributed by atoms with E-state index in [0.29, 0.717) is 0 Å². The predicted molar refractivity (Wildman–Crippen MR) is 235 cm³/mol. The largest absolute Gasteiger partial charge is 0.309 e. The van der Waals surface area contributed by atoms with Crippen molar-refractivity contribution in [3.05, 3.63) is 224 Å². The zero-order valence-electron chi connectivity index (χ0n) is 30.3. The van der Waals surface area contributed by atoms with Crippen LogP contribution in [0.25, 0.3) is 76.8 Å². The molecule has 10 rings (SSSR count). The maximum atomic E-state index is 2.55. The van der Waals surface area contributed by atoms with Crippen molar-refractivity contribution in [1.82, 2.24) is 0 Å². The molecule has 0 aliphatic rings. The molecule has 10 aromatic carbocycles. The highest BCUT2D eigenvalue weighted by Crippen LogP contribution is 2.53. The van der Waals surface area contributed by atoms with Gasteiger partial charge in [-0.15, -0.1) is 0 Å². The molecule has 1 heteroatoms. The number of rotatable bonds is 7. The van der Waals surface area contributed by atoms with Crippen LogP contribution in [0.1, 0.15) is 0 Å². The van der Waals surface area contributed by atoms with Gasteiger partial charge in [0.25, 0.3) is 0 Å². The van der Waals surface area contributed by atoms with E-state index in [1.807, 2.05) is 0 Å². The van der Waals surface area contributed by atoms with Gasteiger partial charge in [-0.25, -0.2) is 0 Å². The number of para-hydroxylation sites is 1. The Balaban J connectivity index is 1.41. The third-order valence-corrected chi connectivity index (χ3v) is 10.8. The van der Waals surface area contributed by atoms with Crippen molar-refractivity contribution in [2.45, 2.75) is 0 Å². The standard InChI is InChI=1S/C54H37N/c1-4-19-38(20-5-1)42-35-43(39-21-6-2-7-22-39)37-44(36-42)55(52-34-17-16-28-46(52)41-23-8-3-9-24-41)54-51-32-15-13-30-48(51)47-29-12-14-31-50(47)53(54)49-33-18-26-40-25-10-11-27-45(40)49/h1-37H. The molecule has 0 radical (unpaired) electrons. The second-order valence-electron chi connectivity index (χ2n) is 14.1. The Labute approximate surface area is 322 Å². The molecule has 0 saturated heterocycles. The van der Waals surface area contributed by atoms with Crippen LogP contribution in [0.15, 0.2) is 224 Å². The molecule has 0 aliphatic heterocycles. The van der Waals surface area contributed by atoms with Gasteiger partial charge in [-0.3, -0.25) is 0 Å². The minimum absolute atomic E-state index is 1.09. The van der Waals surface area contributed by atoms with E-state index in [-0.39, 0.29) is 0 Å². The first-order valence-electron chi connectivity index (χ1n) is 18.9. The molecule has 0 atom stereocenters. The van der Waals surface area contributed by atoms with Gasteiger partial charge in [0, 0.05) is 22.2 Å². The topological polar surface area (TPSA) is 3.24 Å². The van der Waals surface area contributed by atoms with Gasteiger partial charge in [0.2, 0.25) is 0 Å². The maximum Gasteiger partial charge on any atom is 0.0625 e. The number of fused-ring (bicyclic) bond motifs is 4. The Morgan fingerprint density at radius 3 is 1.38 bits per heavy atom. The Hall–Kier alpha value is -7.22. The molecular formula is C54H37N. The maximum absolute atomic E-state index is 2.55. The highest BCUT2D eigenvalue weighted by atomic mass is 15.1. The van der Waals surface area contributed by atoms with E-state index in [0.717, 1.165) is 33.8 Å². The molecular weight excluding hydrogens is 663 g/mol.